The van der Waals surface area contributed by atoms with Gasteiger partial charge in [0, 0.05) is 44.5 Å². The van der Waals surface area contributed by atoms with Crippen LogP contribution in [0, 0.1) is 6.92 Å². The average Bonchev–Trinajstić information content (AvgIpc) is 3.51. The van der Waals surface area contributed by atoms with Crippen LogP contribution in [0.2, 0.25) is 0 Å². The van der Waals surface area contributed by atoms with E-state index in [1.165, 1.54) is 6.26 Å². The van der Waals surface area contributed by atoms with Gasteiger partial charge < -0.3 is 25.6 Å². The Morgan fingerprint density at radius 3 is 2.59 bits per heavy atom. The quantitative estimate of drug-likeness (QED) is 0.302. The normalized spacial score (nSPS) is 16.9. The Kier molecular flexibility index (Phi) is 8.11. The number of primary amides is 1. The second-order valence-corrected chi connectivity index (χ2v) is 12.9. The SMILES string of the molecule is CCOC(=O)c1sc(Nc2nc3c(c(N4CCNC(C(N)=O)C4)n2)CCN3Cc2ccc(S(C)(=O)=O)cc2)nc1C. The molecular weight excluding hydrogens is 568 g/mol. The summed E-state index contributed by atoms with van der Waals surface area (Å²) in [6.45, 7) is 6.52. The minimum Gasteiger partial charge on any atom is -0.462 e. The number of aryl methyl sites for hydroxylation is 1. The molecule has 1 saturated heterocycles. The van der Waals surface area contributed by atoms with Gasteiger partial charge in [0.2, 0.25) is 11.9 Å². The number of esters is 1. The van der Waals surface area contributed by atoms with E-state index in [4.69, 9.17) is 20.4 Å². The van der Waals surface area contributed by atoms with Crippen LogP contribution in [-0.4, -0.2) is 80.3 Å². The molecule has 1 amide bonds. The van der Waals surface area contributed by atoms with Crippen LogP contribution >= 0.6 is 11.3 Å². The molecule has 2 aromatic heterocycles. The van der Waals surface area contributed by atoms with Gasteiger partial charge in [0.05, 0.1) is 17.2 Å². The van der Waals surface area contributed by atoms with Crippen molar-refractivity contribution in [2.45, 2.75) is 37.8 Å². The molecule has 1 fully saturated rings. The van der Waals surface area contributed by atoms with Gasteiger partial charge in [-0.05, 0) is 38.0 Å². The van der Waals surface area contributed by atoms with Gasteiger partial charge in [-0.1, -0.05) is 23.5 Å². The highest BCUT2D eigenvalue weighted by molar-refractivity contribution is 7.90. The van der Waals surface area contributed by atoms with Gasteiger partial charge in [-0.2, -0.15) is 9.97 Å². The van der Waals surface area contributed by atoms with Gasteiger partial charge in [0.25, 0.3) is 0 Å². The van der Waals surface area contributed by atoms with Crippen molar-refractivity contribution in [3.05, 3.63) is 46.0 Å². The molecule has 15 heteroatoms. The number of amides is 1. The molecule has 2 aliphatic heterocycles. The summed E-state index contributed by atoms with van der Waals surface area (Å²) in [5.74, 6) is 0.883. The fourth-order valence-corrected chi connectivity index (χ4v) is 6.38. The van der Waals surface area contributed by atoms with Crippen molar-refractivity contribution < 1.29 is 22.7 Å². The maximum Gasteiger partial charge on any atom is 0.350 e. The summed E-state index contributed by atoms with van der Waals surface area (Å²) in [7, 11) is -3.29. The summed E-state index contributed by atoms with van der Waals surface area (Å²) in [5, 5.41) is 6.76. The van der Waals surface area contributed by atoms with Crippen molar-refractivity contribution in [2.75, 3.05) is 54.2 Å². The lowest BCUT2D eigenvalue weighted by molar-refractivity contribution is -0.120. The summed E-state index contributed by atoms with van der Waals surface area (Å²) in [6.07, 6.45) is 1.88. The first-order valence-electron chi connectivity index (χ1n) is 13.2. The maximum absolute atomic E-state index is 12.3. The summed E-state index contributed by atoms with van der Waals surface area (Å²) < 4.78 is 28.9. The number of sulfone groups is 1. The lowest BCUT2D eigenvalue weighted by Gasteiger charge is -2.34. The Morgan fingerprint density at radius 1 is 1.17 bits per heavy atom. The number of ether oxygens (including phenoxy) is 1. The Morgan fingerprint density at radius 2 is 1.90 bits per heavy atom. The van der Waals surface area contributed by atoms with E-state index in [2.05, 4.69) is 20.5 Å². The van der Waals surface area contributed by atoms with Gasteiger partial charge in [-0.15, -0.1) is 0 Å². The number of carbonyl (C=O) groups is 2. The lowest BCUT2D eigenvalue weighted by Crippen LogP contribution is -2.56. The molecule has 0 saturated carbocycles. The van der Waals surface area contributed by atoms with E-state index in [0.29, 0.717) is 66.6 Å². The monoisotopic (exact) mass is 600 g/mol. The summed E-state index contributed by atoms with van der Waals surface area (Å²) in [6, 6.07) is 6.32. The van der Waals surface area contributed by atoms with Gasteiger partial charge in [0.1, 0.15) is 22.6 Å². The van der Waals surface area contributed by atoms with Crippen molar-refractivity contribution in [1.82, 2.24) is 20.3 Å². The zero-order chi connectivity index (χ0) is 29.3. The van der Waals surface area contributed by atoms with Crippen molar-refractivity contribution in [2.24, 2.45) is 5.73 Å². The van der Waals surface area contributed by atoms with Crippen molar-refractivity contribution in [1.29, 1.82) is 0 Å². The van der Waals surface area contributed by atoms with Crippen LogP contribution in [0.5, 0.6) is 0 Å². The number of thiazole rings is 1. The highest BCUT2D eigenvalue weighted by atomic mass is 32.2. The van der Waals surface area contributed by atoms with Crippen molar-refractivity contribution in [3.8, 4) is 0 Å². The molecule has 4 N–H and O–H groups in total. The van der Waals surface area contributed by atoms with Crippen LogP contribution in [0.15, 0.2) is 29.2 Å². The topological polar surface area (TPSA) is 173 Å². The molecule has 41 heavy (non-hydrogen) atoms. The molecule has 5 rings (SSSR count). The van der Waals surface area contributed by atoms with E-state index in [0.717, 1.165) is 28.3 Å². The van der Waals surface area contributed by atoms with Crippen LogP contribution in [0.4, 0.5) is 22.7 Å². The second kappa shape index (κ2) is 11.6. The van der Waals surface area contributed by atoms with Crippen LogP contribution in [0.3, 0.4) is 0 Å². The fraction of sp³-hybridized carbons (Fsp3) is 0.423. The Bertz CT molecular complexity index is 1580. The minimum absolute atomic E-state index is 0.264. The number of fused-ring (bicyclic) bond motifs is 1. The largest absolute Gasteiger partial charge is 0.462 e. The molecule has 4 heterocycles. The van der Waals surface area contributed by atoms with Crippen LogP contribution in [-0.2, 0) is 32.3 Å². The summed E-state index contributed by atoms with van der Waals surface area (Å²) in [5.41, 5.74) is 8.03. The van der Waals surface area contributed by atoms with Gasteiger partial charge in [-0.3, -0.25) is 10.1 Å². The van der Waals surface area contributed by atoms with Gasteiger partial charge in [-0.25, -0.2) is 18.2 Å². The smallest absolute Gasteiger partial charge is 0.350 e. The van der Waals surface area contributed by atoms with E-state index in [1.54, 1.807) is 38.1 Å². The Hall–Kier alpha value is -3.82. The third kappa shape index (κ3) is 6.26. The van der Waals surface area contributed by atoms with E-state index in [9.17, 15) is 18.0 Å². The summed E-state index contributed by atoms with van der Waals surface area (Å²) in [4.78, 5) is 43.2. The third-order valence-electron chi connectivity index (χ3n) is 6.91. The zero-order valence-corrected chi connectivity index (χ0v) is 24.6. The molecule has 1 atom stereocenters. The first-order chi connectivity index (χ1) is 19.5. The lowest BCUT2D eigenvalue weighted by atomic mass is 10.1. The number of piperazine rings is 1. The van der Waals surface area contributed by atoms with Crippen molar-refractivity contribution in [3.63, 3.8) is 0 Å². The first-order valence-corrected chi connectivity index (χ1v) is 15.9. The highest BCUT2D eigenvalue weighted by Crippen LogP contribution is 2.36. The van der Waals surface area contributed by atoms with Gasteiger partial charge >= 0.3 is 5.97 Å². The number of nitrogens with one attached hydrogen (secondary N) is 2. The van der Waals surface area contributed by atoms with Gasteiger partial charge in [0.15, 0.2) is 15.0 Å². The first kappa shape index (κ1) is 28.7. The molecule has 0 radical (unpaired) electrons. The molecule has 1 aromatic carbocycles. The Labute approximate surface area is 242 Å². The molecular formula is C26H32N8O5S2. The van der Waals surface area contributed by atoms with Crippen LogP contribution in [0.25, 0.3) is 0 Å². The predicted molar refractivity (Wildman–Crippen MR) is 156 cm³/mol. The van der Waals surface area contributed by atoms with E-state index in [1.807, 2.05) is 4.90 Å². The van der Waals surface area contributed by atoms with Crippen LogP contribution in [0.1, 0.15) is 33.4 Å². The number of nitrogens with zero attached hydrogens (tertiary/aromatic N) is 5. The maximum atomic E-state index is 12.3. The predicted octanol–water partition coefficient (Wildman–Crippen LogP) is 1.39. The van der Waals surface area contributed by atoms with E-state index >= 15 is 0 Å². The average molecular weight is 601 g/mol. The molecule has 13 nitrogen and oxygen atoms in total. The zero-order valence-electron chi connectivity index (χ0n) is 23.0. The molecule has 0 spiro atoms. The number of benzene rings is 1. The number of anilines is 4. The van der Waals surface area contributed by atoms with Crippen molar-refractivity contribution >= 4 is 55.8 Å². The molecule has 1 unspecified atom stereocenters. The molecule has 0 bridgehead atoms. The molecule has 0 aliphatic carbocycles. The Balaban J connectivity index is 1.48. The number of rotatable bonds is 9. The number of nitrogens with two attached hydrogens (primary N) is 1. The third-order valence-corrected chi connectivity index (χ3v) is 9.10. The number of carbonyl (C=O) groups excluding carboxylic acids is 2. The molecule has 3 aromatic rings. The number of aromatic nitrogens is 3. The standard InChI is InChI=1S/C26H32N8O5S2/c1-4-39-24(36)20-15(2)29-26(40-20)32-25-30-22-18(23(31-25)34-12-10-28-19(14-34)21(27)35)9-11-33(22)13-16-5-7-17(8-6-16)41(3,37)38/h5-8,19,28H,4,9-14H2,1-3H3,(H2,27,35)(H,29,30,31,32). The molecule has 2 aliphatic rings. The number of hydrogen-bond acceptors (Lipinski definition) is 13. The highest BCUT2D eigenvalue weighted by Gasteiger charge is 2.32. The van der Waals surface area contributed by atoms with Crippen LogP contribution < -0.4 is 26.2 Å². The summed E-state index contributed by atoms with van der Waals surface area (Å²) >= 11 is 1.16. The second-order valence-electron chi connectivity index (χ2n) is 9.89. The number of hydrogen-bond donors (Lipinski definition) is 3. The fourth-order valence-electron chi connectivity index (χ4n) is 4.90. The molecule has 218 valence electrons. The minimum atomic E-state index is -3.29. The van der Waals surface area contributed by atoms with E-state index in [-0.39, 0.29) is 11.5 Å². The van der Waals surface area contributed by atoms with E-state index < -0.39 is 27.8 Å².